The van der Waals surface area contributed by atoms with Crippen LogP contribution in [0.15, 0.2) is 59.8 Å². The van der Waals surface area contributed by atoms with Crippen molar-refractivity contribution in [1.82, 2.24) is 5.32 Å². The first kappa shape index (κ1) is 22.1. The molecule has 2 amide bonds. The number of carbonyl (C=O) groups is 2. The van der Waals surface area contributed by atoms with Gasteiger partial charge in [0.05, 0.1) is 24.0 Å². The maximum Gasteiger partial charge on any atom is 0.322 e. The number of para-hydroxylation sites is 2. The number of carbonyl (C=O) groups excluding carboxylic acids is 2. The minimum atomic E-state index is -0.520. The van der Waals surface area contributed by atoms with Crippen molar-refractivity contribution in [1.29, 1.82) is 0 Å². The summed E-state index contributed by atoms with van der Waals surface area (Å²) in [6.07, 6.45) is 1.19. The van der Waals surface area contributed by atoms with Crippen molar-refractivity contribution in [2.24, 2.45) is 5.41 Å². The number of allylic oxidation sites excluding steroid dienone is 1. The Labute approximate surface area is 189 Å². The molecule has 1 atom stereocenters. The minimum absolute atomic E-state index is 0.0804. The van der Waals surface area contributed by atoms with Crippen molar-refractivity contribution >= 4 is 23.2 Å². The van der Waals surface area contributed by atoms with Crippen LogP contribution in [0, 0.1) is 12.3 Å². The van der Waals surface area contributed by atoms with Gasteiger partial charge in [-0.15, -0.1) is 0 Å². The number of fused-ring (bicyclic) bond motifs is 1. The van der Waals surface area contributed by atoms with Gasteiger partial charge in [0.1, 0.15) is 0 Å². The summed E-state index contributed by atoms with van der Waals surface area (Å²) in [6.45, 7) is 7.05. The minimum Gasteiger partial charge on any atom is -0.383 e. The molecule has 0 saturated carbocycles. The van der Waals surface area contributed by atoms with E-state index in [1.807, 2.05) is 55.5 Å². The van der Waals surface area contributed by atoms with E-state index >= 15 is 0 Å². The van der Waals surface area contributed by atoms with Gasteiger partial charge >= 0.3 is 6.03 Å². The highest BCUT2D eigenvalue weighted by Crippen LogP contribution is 2.48. The van der Waals surface area contributed by atoms with Crippen LogP contribution in [-0.4, -0.2) is 32.1 Å². The van der Waals surface area contributed by atoms with Crippen molar-refractivity contribution in [3.63, 3.8) is 0 Å². The highest BCUT2D eigenvalue weighted by atomic mass is 16.5. The number of aryl methyl sites for hydroxylation is 1. The number of anilines is 2. The fraction of sp³-hybridized carbons (Fsp3) is 0.385. The lowest BCUT2D eigenvalue weighted by molar-refractivity contribution is -0.118. The number of nitrogens with zero attached hydrogens (tertiary/aromatic N) is 1. The van der Waals surface area contributed by atoms with Crippen LogP contribution < -0.4 is 15.5 Å². The number of amides is 2. The van der Waals surface area contributed by atoms with Gasteiger partial charge in [0.15, 0.2) is 5.78 Å². The summed E-state index contributed by atoms with van der Waals surface area (Å²) >= 11 is 0. The van der Waals surface area contributed by atoms with Crippen molar-refractivity contribution in [3.05, 3.63) is 70.9 Å². The molecule has 32 heavy (non-hydrogen) atoms. The molecule has 0 bridgehead atoms. The molecular weight excluding hydrogens is 402 g/mol. The Morgan fingerprint density at radius 2 is 1.88 bits per heavy atom. The van der Waals surface area contributed by atoms with Crippen LogP contribution in [0.4, 0.5) is 16.2 Å². The number of hydrogen-bond acceptors (Lipinski definition) is 4. The van der Waals surface area contributed by atoms with E-state index in [0.717, 1.165) is 34.6 Å². The molecule has 0 spiro atoms. The van der Waals surface area contributed by atoms with Crippen LogP contribution in [0.2, 0.25) is 0 Å². The molecule has 0 saturated heterocycles. The molecular formula is C26H31N3O3. The van der Waals surface area contributed by atoms with Crippen LogP contribution in [-0.2, 0) is 9.53 Å². The largest absolute Gasteiger partial charge is 0.383 e. The van der Waals surface area contributed by atoms with Crippen LogP contribution in [0.1, 0.15) is 43.9 Å². The average Bonchev–Trinajstić information content (AvgIpc) is 2.88. The zero-order valence-corrected chi connectivity index (χ0v) is 19.2. The van der Waals surface area contributed by atoms with Crippen molar-refractivity contribution in [2.45, 2.75) is 39.7 Å². The fourth-order valence-electron chi connectivity index (χ4n) is 4.62. The van der Waals surface area contributed by atoms with E-state index in [9.17, 15) is 9.59 Å². The van der Waals surface area contributed by atoms with Gasteiger partial charge in [-0.25, -0.2) is 4.79 Å². The molecule has 6 nitrogen and oxygen atoms in total. The summed E-state index contributed by atoms with van der Waals surface area (Å²) in [5, 5.41) is 6.48. The van der Waals surface area contributed by atoms with E-state index in [2.05, 4.69) is 24.5 Å². The number of benzene rings is 2. The molecule has 1 aliphatic heterocycles. The van der Waals surface area contributed by atoms with Gasteiger partial charge in [0, 0.05) is 31.3 Å². The van der Waals surface area contributed by atoms with E-state index in [4.69, 9.17) is 4.74 Å². The Hall–Kier alpha value is -3.12. The summed E-state index contributed by atoms with van der Waals surface area (Å²) in [4.78, 5) is 28.8. The van der Waals surface area contributed by atoms with E-state index in [0.29, 0.717) is 25.1 Å². The maximum atomic E-state index is 13.6. The molecule has 1 aliphatic carbocycles. The first-order valence-electron chi connectivity index (χ1n) is 11.1. The molecule has 168 valence electrons. The second-order valence-corrected chi connectivity index (χ2v) is 9.38. The lowest BCUT2D eigenvalue weighted by Gasteiger charge is -2.37. The summed E-state index contributed by atoms with van der Waals surface area (Å²) in [6, 6.07) is 15.0. The zero-order chi connectivity index (χ0) is 22.9. The van der Waals surface area contributed by atoms with Crippen LogP contribution in [0.5, 0.6) is 0 Å². The third kappa shape index (κ3) is 4.28. The van der Waals surface area contributed by atoms with Gasteiger partial charge in [0.2, 0.25) is 0 Å². The third-order valence-electron chi connectivity index (χ3n) is 6.10. The number of ether oxygens (including phenoxy) is 1. The number of methoxy groups -OCH3 is 1. The Balaban J connectivity index is 1.92. The molecule has 0 fully saturated rings. The first-order chi connectivity index (χ1) is 15.3. The highest BCUT2D eigenvalue weighted by molar-refractivity contribution is 6.06. The first-order valence-corrected chi connectivity index (χ1v) is 11.1. The Morgan fingerprint density at radius 1 is 1.16 bits per heavy atom. The van der Waals surface area contributed by atoms with Crippen molar-refractivity contribution in [2.75, 3.05) is 30.5 Å². The quantitative estimate of drug-likeness (QED) is 0.668. The summed E-state index contributed by atoms with van der Waals surface area (Å²) in [5.74, 6) is 0.0804. The zero-order valence-electron chi connectivity index (χ0n) is 19.2. The summed E-state index contributed by atoms with van der Waals surface area (Å²) < 4.78 is 5.12. The van der Waals surface area contributed by atoms with Crippen molar-refractivity contribution in [3.8, 4) is 0 Å². The average molecular weight is 434 g/mol. The molecule has 2 N–H and O–H groups in total. The number of urea groups is 1. The summed E-state index contributed by atoms with van der Waals surface area (Å²) in [7, 11) is 1.60. The SMILES string of the molecule is COCCNC(=O)N1c2ccccc2NC2=C(C(=O)CC(C)(C)C2)[C@@H]1c1ccc(C)cc1. The topological polar surface area (TPSA) is 70.7 Å². The van der Waals surface area contributed by atoms with Gasteiger partial charge in [-0.1, -0.05) is 55.8 Å². The second-order valence-electron chi connectivity index (χ2n) is 9.38. The molecule has 6 heteroatoms. The molecule has 4 rings (SSSR count). The molecule has 1 heterocycles. The van der Waals surface area contributed by atoms with Gasteiger partial charge in [0.25, 0.3) is 0 Å². The van der Waals surface area contributed by atoms with Crippen LogP contribution in [0.3, 0.4) is 0 Å². The lowest BCUT2D eigenvalue weighted by Crippen LogP contribution is -2.45. The van der Waals surface area contributed by atoms with Gasteiger partial charge in [-0.3, -0.25) is 9.69 Å². The van der Waals surface area contributed by atoms with Gasteiger partial charge < -0.3 is 15.4 Å². The maximum absolute atomic E-state index is 13.6. The van der Waals surface area contributed by atoms with E-state index in [1.54, 1.807) is 12.0 Å². The standard InChI is InChI=1S/C26H31N3O3/c1-17-9-11-18(12-10-17)24-23-20(15-26(2,3)16-22(23)30)28-19-7-5-6-8-21(19)29(24)25(31)27-13-14-32-4/h5-12,24,28H,13-16H2,1-4H3,(H,27,31)/t24-/m0/s1. The summed E-state index contributed by atoms with van der Waals surface area (Å²) in [5.41, 5.74) is 5.03. The van der Waals surface area contributed by atoms with Crippen molar-refractivity contribution < 1.29 is 14.3 Å². The van der Waals surface area contributed by atoms with E-state index in [1.165, 1.54) is 0 Å². The van der Waals surface area contributed by atoms with Gasteiger partial charge in [-0.05, 0) is 36.5 Å². The number of hydrogen-bond donors (Lipinski definition) is 2. The third-order valence-corrected chi connectivity index (χ3v) is 6.10. The van der Waals surface area contributed by atoms with E-state index in [-0.39, 0.29) is 17.2 Å². The molecule has 2 aromatic rings. The molecule has 0 radical (unpaired) electrons. The smallest absolute Gasteiger partial charge is 0.322 e. The normalized spacial score (nSPS) is 19.6. The Bertz CT molecular complexity index is 1060. The predicted molar refractivity (Wildman–Crippen MR) is 127 cm³/mol. The molecule has 0 unspecified atom stereocenters. The van der Waals surface area contributed by atoms with Crippen LogP contribution >= 0.6 is 0 Å². The molecule has 2 aliphatic rings. The predicted octanol–water partition coefficient (Wildman–Crippen LogP) is 4.97. The van der Waals surface area contributed by atoms with Crippen LogP contribution in [0.25, 0.3) is 0 Å². The number of Topliss-reactive ketones (excluding diaryl/α,β-unsaturated/α-hetero) is 1. The Kier molecular flexibility index (Phi) is 6.07. The number of nitrogens with one attached hydrogen (secondary N) is 2. The van der Waals surface area contributed by atoms with E-state index < -0.39 is 6.04 Å². The fourth-order valence-corrected chi connectivity index (χ4v) is 4.62. The monoisotopic (exact) mass is 433 g/mol. The Morgan fingerprint density at radius 3 is 2.59 bits per heavy atom. The van der Waals surface area contributed by atoms with Gasteiger partial charge in [-0.2, -0.15) is 0 Å². The molecule has 0 aromatic heterocycles. The molecule has 2 aromatic carbocycles. The second kappa shape index (κ2) is 8.79. The highest BCUT2D eigenvalue weighted by Gasteiger charge is 2.43. The lowest BCUT2D eigenvalue weighted by atomic mass is 9.73. The number of ketones is 1. The number of rotatable bonds is 4.